The summed E-state index contributed by atoms with van der Waals surface area (Å²) in [7, 11) is 3.48. The molecule has 2 aliphatic rings. The summed E-state index contributed by atoms with van der Waals surface area (Å²) in [5.74, 6) is -0.433. The molecule has 1 saturated carbocycles. The predicted octanol–water partition coefficient (Wildman–Crippen LogP) is 5.92. The van der Waals surface area contributed by atoms with Gasteiger partial charge in [0.2, 0.25) is 5.91 Å². The fourth-order valence-electron chi connectivity index (χ4n) is 6.14. The lowest BCUT2D eigenvalue weighted by Gasteiger charge is -2.35. The molecule has 1 saturated heterocycles. The first-order valence-electron chi connectivity index (χ1n) is 14.0. The maximum absolute atomic E-state index is 14.1. The molecule has 8 heteroatoms. The van der Waals surface area contributed by atoms with Gasteiger partial charge in [-0.15, -0.1) is 0 Å². The second-order valence-corrected chi connectivity index (χ2v) is 12.6. The summed E-state index contributed by atoms with van der Waals surface area (Å²) in [4.78, 5) is 43.4. The van der Waals surface area contributed by atoms with Crippen molar-refractivity contribution in [3.8, 4) is 0 Å². The Labute approximate surface area is 231 Å². The Kier molecular flexibility index (Phi) is 8.75. The molecule has 2 atom stereocenters. The largest absolute Gasteiger partial charge is 0.460 e. The van der Waals surface area contributed by atoms with E-state index in [1.54, 1.807) is 19.0 Å². The molecule has 0 radical (unpaired) electrons. The number of fused-ring (bicyclic) bond motifs is 1. The maximum atomic E-state index is 14.1. The van der Waals surface area contributed by atoms with Gasteiger partial charge in [-0.25, -0.2) is 0 Å². The zero-order chi connectivity index (χ0) is 27.6. The van der Waals surface area contributed by atoms with E-state index in [9.17, 15) is 14.4 Å². The Morgan fingerprint density at radius 2 is 1.79 bits per heavy atom. The second-order valence-electron chi connectivity index (χ2n) is 12.2. The van der Waals surface area contributed by atoms with Gasteiger partial charge < -0.3 is 19.1 Å². The quantitative estimate of drug-likeness (QED) is 0.407. The van der Waals surface area contributed by atoms with Gasteiger partial charge in [-0.2, -0.15) is 0 Å². The number of likely N-dealkylation sites (tertiary alicyclic amines) is 1. The van der Waals surface area contributed by atoms with Crippen molar-refractivity contribution >= 4 is 40.3 Å². The van der Waals surface area contributed by atoms with Crippen LogP contribution in [0.15, 0.2) is 24.4 Å². The number of aromatic nitrogens is 1. The standard InChI is InChI=1S/C30H42ClN3O4/c1-30(2,3)38-27(35)17-23(20-10-7-6-8-11-20)29(37)34-15-9-12-22(34)18-33-19-25(28(36)32(4)5)24-16-21(31)13-14-26(24)33/h13-14,16,19-20,22-23H,6-12,15,17-18H2,1-5H3/t22-,23-/m0/s1. The monoisotopic (exact) mass is 543 g/mol. The zero-order valence-corrected chi connectivity index (χ0v) is 24.2. The number of esters is 1. The summed E-state index contributed by atoms with van der Waals surface area (Å²) < 4.78 is 7.72. The fourth-order valence-corrected chi connectivity index (χ4v) is 6.31. The first-order chi connectivity index (χ1) is 17.9. The Hall–Kier alpha value is -2.54. The van der Waals surface area contributed by atoms with Crippen LogP contribution in [0.5, 0.6) is 0 Å². The van der Waals surface area contributed by atoms with E-state index < -0.39 is 5.60 Å². The molecule has 1 aliphatic heterocycles. The second kappa shape index (κ2) is 11.7. The van der Waals surface area contributed by atoms with E-state index in [-0.39, 0.29) is 42.1 Å². The summed E-state index contributed by atoms with van der Waals surface area (Å²) in [6.07, 6.45) is 9.20. The van der Waals surface area contributed by atoms with Gasteiger partial charge in [0.05, 0.1) is 17.9 Å². The SMILES string of the molecule is CN(C)C(=O)c1cn(C[C@@H]2CCCN2C(=O)[C@@H](CC(=O)OC(C)(C)C)C2CCCCC2)c2ccc(Cl)cc12. The molecule has 7 nitrogen and oxygen atoms in total. The van der Waals surface area contributed by atoms with E-state index >= 15 is 0 Å². The molecule has 208 valence electrons. The molecule has 0 spiro atoms. The van der Waals surface area contributed by atoms with E-state index in [0.717, 1.165) is 49.4 Å². The average Bonchev–Trinajstić information content (AvgIpc) is 3.45. The van der Waals surface area contributed by atoms with Crippen molar-refractivity contribution in [2.45, 2.75) is 90.3 Å². The number of hydrogen-bond donors (Lipinski definition) is 0. The normalized spacial score (nSPS) is 19.5. The molecule has 2 fully saturated rings. The third-order valence-corrected chi connectivity index (χ3v) is 8.13. The molecule has 2 heterocycles. The molecule has 2 amide bonds. The van der Waals surface area contributed by atoms with Crippen LogP contribution in [0.4, 0.5) is 0 Å². The average molecular weight is 544 g/mol. The summed E-state index contributed by atoms with van der Waals surface area (Å²) in [5, 5.41) is 1.40. The molecular formula is C30H42ClN3O4. The highest BCUT2D eigenvalue weighted by Gasteiger charge is 2.39. The number of nitrogens with zero attached hydrogens (tertiary/aromatic N) is 3. The lowest BCUT2D eigenvalue weighted by Crippen LogP contribution is -2.45. The number of benzene rings is 1. The third kappa shape index (κ3) is 6.53. The molecule has 2 aromatic rings. The van der Waals surface area contributed by atoms with Crippen LogP contribution in [0, 0.1) is 11.8 Å². The molecule has 0 bridgehead atoms. The van der Waals surface area contributed by atoms with Gasteiger partial charge in [-0.3, -0.25) is 14.4 Å². The molecule has 1 aromatic heterocycles. The first kappa shape index (κ1) is 28.5. The van der Waals surface area contributed by atoms with E-state index in [0.29, 0.717) is 23.7 Å². The Balaban J connectivity index is 1.59. The highest BCUT2D eigenvalue weighted by molar-refractivity contribution is 6.31. The van der Waals surface area contributed by atoms with Crippen LogP contribution >= 0.6 is 11.6 Å². The third-order valence-electron chi connectivity index (χ3n) is 7.89. The van der Waals surface area contributed by atoms with Crippen LogP contribution in [-0.4, -0.2) is 64.4 Å². The highest BCUT2D eigenvalue weighted by Crippen LogP contribution is 2.36. The minimum Gasteiger partial charge on any atom is -0.460 e. The van der Waals surface area contributed by atoms with Crippen molar-refractivity contribution in [1.82, 2.24) is 14.4 Å². The van der Waals surface area contributed by atoms with Crippen LogP contribution in [0.1, 0.15) is 82.5 Å². The van der Waals surface area contributed by atoms with Gasteiger partial charge in [0.1, 0.15) is 5.60 Å². The van der Waals surface area contributed by atoms with Crippen molar-refractivity contribution in [3.05, 3.63) is 35.0 Å². The van der Waals surface area contributed by atoms with Crippen LogP contribution in [0.2, 0.25) is 5.02 Å². The van der Waals surface area contributed by atoms with Crippen LogP contribution in [-0.2, 0) is 20.9 Å². The molecule has 0 unspecified atom stereocenters. The number of rotatable bonds is 7. The smallest absolute Gasteiger partial charge is 0.307 e. The van der Waals surface area contributed by atoms with E-state index in [4.69, 9.17) is 16.3 Å². The van der Waals surface area contributed by atoms with Crippen molar-refractivity contribution in [2.75, 3.05) is 20.6 Å². The van der Waals surface area contributed by atoms with Crippen LogP contribution in [0.3, 0.4) is 0 Å². The number of carbonyl (C=O) groups is 3. The zero-order valence-electron chi connectivity index (χ0n) is 23.5. The predicted molar refractivity (Wildman–Crippen MR) is 150 cm³/mol. The van der Waals surface area contributed by atoms with Crippen LogP contribution in [0.25, 0.3) is 10.9 Å². The van der Waals surface area contributed by atoms with Gasteiger partial charge in [-0.05, 0) is 70.6 Å². The molecule has 38 heavy (non-hydrogen) atoms. The molecule has 1 aliphatic carbocycles. The lowest BCUT2D eigenvalue weighted by atomic mass is 9.77. The minimum absolute atomic E-state index is 0.000753. The Morgan fingerprint density at radius 1 is 1.08 bits per heavy atom. The van der Waals surface area contributed by atoms with Crippen molar-refractivity contribution < 1.29 is 19.1 Å². The summed E-state index contributed by atoms with van der Waals surface area (Å²) in [6, 6.07) is 5.61. The Morgan fingerprint density at radius 3 is 2.45 bits per heavy atom. The first-order valence-corrected chi connectivity index (χ1v) is 14.3. The molecule has 0 N–H and O–H groups in total. The number of amides is 2. The van der Waals surface area contributed by atoms with Gasteiger partial charge in [0.15, 0.2) is 0 Å². The molecule has 1 aromatic carbocycles. The van der Waals surface area contributed by atoms with Crippen molar-refractivity contribution in [2.24, 2.45) is 11.8 Å². The molecular weight excluding hydrogens is 502 g/mol. The lowest BCUT2D eigenvalue weighted by molar-refractivity contribution is -0.160. The highest BCUT2D eigenvalue weighted by atomic mass is 35.5. The topological polar surface area (TPSA) is 71.9 Å². The summed E-state index contributed by atoms with van der Waals surface area (Å²) >= 11 is 6.28. The van der Waals surface area contributed by atoms with Crippen LogP contribution < -0.4 is 0 Å². The molecule has 4 rings (SSSR count). The number of hydrogen-bond acceptors (Lipinski definition) is 4. The maximum Gasteiger partial charge on any atom is 0.307 e. The van der Waals surface area contributed by atoms with E-state index in [2.05, 4.69) is 4.57 Å². The van der Waals surface area contributed by atoms with E-state index in [1.807, 2.05) is 50.1 Å². The number of carbonyl (C=O) groups excluding carboxylic acids is 3. The summed E-state index contributed by atoms with van der Waals surface area (Å²) in [6.45, 7) is 6.87. The Bertz CT molecular complexity index is 1180. The number of halogens is 1. The van der Waals surface area contributed by atoms with Gasteiger partial charge in [-0.1, -0.05) is 30.9 Å². The minimum atomic E-state index is -0.576. The van der Waals surface area contributed by atoms with Gasteiger partial charge >= 0.3 is 5.97 Å². The van der Waals surface area contributed by atoms with Gasteiger partial charge in [0.25, 0.3) is 5.91 Å². The van der Waals surface area contributed by atoms with Crippen molar-refractivity contribution in [3.63, 3.8) is 0 Å². The van der Waals surface area contributed by atoms with Crippen molar-refractivity contribution in [1.29, 1.82) is 0 Å². The van der Waals surface area contributed by atoms with E-state index in [1.165, 1.54) is 6.42 Å². The fraction of sp³-hybridized carbons (Fsp3) is 0.633. The summed E-state index contributed by atoms with van der Waals surface area (Å²) in [5.41, 5.74) is 0.956. The number of ether oxygens (including phenoxy) is 1. The van der Waals surface area contributed by atoms with Gasteiger partial charge in [0, 0.05) is 55.3 Å².